The molecule has 7 nitrogen and oxygen atoms in total. The lowest BCUT2D eigenvalue weighted by molar-refractivity contribution is 0.146. The number of nitrogens with one attached hydrogen (secondary N) is 1. The summed E-state index contributed by atoms with van der Waals surface area (Å²) >= 11 is 5.96. The Balaban J connectivity index is 0.00000227. The molecule has 0 aliphatic rings. The maximum absolute atomic E-state index is 11.7. The van der Waals surface area contributed by atoms with Crippen molar-refractivity contribution in [2.45, 2.75) is 13.3 Å². The number of methoxy groups -OCH3 is 1. The minimum Gasteiger partial charge on any atom is -0.395 e. The summed E-state index contributed by atoms with van der Waals surface area (Å²) in [7, 11) is 4.71. The Labute approximate surface area is 172 Å². The van der Waals surface area contributed by atoms with Crippen molar-refractivity contribution in [2.24, 2.45) is 11.0 Å². The van der Waals surface area contributed by atoms with Gasteiger partial charge in [-0.3, -0.25) is 5.01 Å². The number of urea groups is 1. The highest BCUT2D eigenvalue weighted by atomic mass is 35.5. The molecular formula is C20H29ClN4O3. The molecule has 8 heteroatoms. The van der Waals surface area contributed by atoms with Crippen LogP contribution >= 0.6 is 11.6 Å². The van der Waals surface area contributed by atoms with Gasteiger partial charge in [-0.25, -0.2) is 10.6 Å². The van der Waals surface area contributed by atoms with E-state index in [1.165, 1.54) is 7.05 Å². The van der Waals surface area contributed by atoms with E-state index in [0.29, 0.717) is 29.5 Å². The van der Waals surface area contributed by atoms with Gasteiger partial charge >= 0.3 is 6.03 Å². The van der Waals surface area contributed by atoms with E-state index in [4.69, 9.17) is 22.3 Å². The summed E-state index contributed by atoms with van der Waals surface area (Å²) in [6.45, 7) is 5.72. The Morgan fingerprint density at radius 2 is 2.07 bits per heavy atom. The van der Waals surface area contributed by atoms with Gasteiger partial charge < -0.3 is 14.9 Å². The number of hydrogen-bond donors (Lipinski definition) is 2. The van der Waals surface area contributed by atoms with Gasteiger partial charge in [0.25, 0.3) is 0 Å². The summed E-state index contributed by atoms with van der Waals surface area (Å²) in [5.74, 6) is 5.41. The Bertz CT molecular complexity index is 700. The van der Waals surface area contributed by atoms with Gasteiger partial charge in [0.15, 0.2) is 0 Å². The lowest BCUT2D eigenvalue weighted by atomic mass is 10.1. The molecule has 0 bridgehead atoms. The highest BCUT2D eigenvalue weighted by Gasteiger charge is 2.06. The summed E-state index contributed by atoms with van der Waals surface area (Å²) in [6.07, 6.45) is 7.35. The average molecular weight is 409 g/mol. The lowest BCUT2D eigenvalue weighted by Crippen LogP contribution is -2.41. The van der Waals surface area contributed by atoms with E-state index in [1.807, 2.05) is 25.1 Å². The van der Waals surface area contributed by atoms with E-state index in [1.54, 1.807) is 44.6 Å². The van der Waals surface area contributed by atoms with Crippen molar-refractivity contribution in [2.75, 3.05) is 27.9 Å². The van der Waals surface area contributed by atoms with Crippen LogP contribution in [0.25, 0.3) is 0 Å². The number of carbonyl (C=O) groups is 1. The number of allylic oxidation sites excluding steroid dienone is 4. The predicted octanol–water partition coefficient (Wildman–Crippen LogP) is 3.87. The minimum absolute atomic E-state index is 0.292. The number of halogens is 1. The van der Waals surface area contributed by atoms with Crippen LogP contribution in [-0.4, -0.2) is 44.6 Å². The van der Waals surface area contributed by atoms with Crippen molar-refractivity contribution in [3.63, 3.8) is 0 Å². The number of ether oxygens (including phenoxy) is 1. The zero-order valence-corrected chi connectivity index (χ0v) is 17.6. The van der Waals surface area contributed by atoms with Crippen LogP contribution in [-0.2, 0) is 9.57 Å². The van der Waals surface area contributed by atoms with Crippen LogP contribution in [0.1, 0.15) is 18.9 Å². The normalized spacial score (nSPS) is 11.5. The minimum atomic E-state index is -0.420. The third-order valence-electron chi connectivity index (χ3n) is 3.04. The fraction of sp³-hybridized carbons (Fsp3) is 0.300. The van der Waals surface area contributed by atoms with Crippen LogP contribution in [0.2, 0.25) is 5.02 Å². The molecule has 0 aliphatic heterocycles. The number of hydrogen-bond acceptors (Lipinski definition) is 5. The first-order valence-corrected chi connectivity index (χ1v) is 8.83. The van der Waals surface area contributed by atoms with E-state index in [2.05, 4.69) is 21.8 Å². The molecule has 0 fully saturated rings. The summed E-state index contributed by atoms with van der Waals surface area (Å²) in [5, 5.41) is 8.37. The first kappa shape index (κ1) is 25.4. The summed E-state index contributed by atoms with van der Waals surface area (Å²) in [4.78, 5) is 17.0. The summed E-state index contributed by atoms with van der Waals surface area (Å²) in [6, 6.07) is 6.94. The summed E-state index contributed by atoms with van der Waals surface area (Å²) in [5.41, 5.74) is 2.25. The molecule has 154 valence electrons. The third kappa shape index (κ3) is 11.9. The topological polar surface area (TPSA) is 89.2 Å². The van der Waals surface area contributed by atoms with Crippen molar-refractivity contribution in [1.82, 2.24) is 10.3 Å². The molecule has 0 aliphatic carbocycles. The van der Waals surface area contributed by atoms with Gasteiger partial charge in [0, 0.05) is 44.0 Å². The van der Waals surface area contributed by atoms with Crippen molar-refractivity contribution in [3.05, 3.63) is 71.4 Å². The average Bonchev–Trinajstić information content (AvgIpc) is 2.65. The van der Waals surface area contributed by atoms with E-state index < -0.39 is 6.03 Å². The maximum atomic E-state index is 11.7. The molecule has 0 atom stereocenters. The molecule has 0 saturated carbocycles. The first-order valence-electron chi connectivity index (χ1n) is 8.46. The number of carbonyl (C=O) groups excluding carboxylic acids is 1. The largest absolute Gasteiger partial charge is 0.395 e. The second kappa shape index (κ2) is 15.4. The zero-order chi connectivity index (χ0) is 21.4. The monoisotopic (exact) mass is 408 g/mol. The van der Waals surface area contributed by atoms with Gasteiger partial charge in [0.05, 0.1) is 5.71 Å². The quantitative estimate of drug-likeness (QED) is 0.170. The first-order chi connectivity index (χ1) is 13.3. The molecule has 1 aromatic rings. The Morgan fingerprint density at radius 3 is 2.64 bits per heavy atom. The summed E-state index contributed by atoms with van der Waals surface area (Å²) < 4.78 is 4.25. The molecule has 1 aromatic carbocycles. The lowest BCUT2D eigenvalue weighted by Gasteiger charge is -2.13. The molecule has 3 N–H and O–H groups in total. The highest BCUT2D eigenvalue weighted by Crippen LogP contribution is 2.11. The highest BCUT2D eigenvalue weighted by molar-refractivity contribution is 6.31. The third-order valence-corrected chi connectivity index (χ3v) is 3.27. The van der Waals surface area contributed by atoms with Gasteiger partial charge in [-0.15, -0.1) is 0 Å². The number of oxime groups is 1. The number of amides is 2. The van der Waals surface area contributed by atoms with Gasteiger partial charge in [0.1, 0.15) is 6.61 Å². The number of hydrazine groups is 1. The van der Waals surface area contributed by atoms with Crippen molar-refractivity contribution < 1.29 is 14.4 Å². The fourth-order valence-electron chi connectivity index (χ4n) is 1.73. The molecule has 0 radical (unpaired) electrons. The standard InChI is InChI=1S/C18H23ClN4O2.C2H6O/c1-4-5-6-10-17(21-18(24)23(3)20)11-12-25-22-14(2)15-8-7-9-16(19)13-15;1-3-2/h4-10,13H,1,11-12,20H2,2-3H3,(H,21,24);1-2H3/b6-5-,17-10+,22-14?;. The van der Waals surface area contributed by atoms with Crippen molar-refractivity contribution in [1.29, 1.82) is 0 Å². The molecule has 0 heterocycles. The Hall–Kier alpha value is -2.61. The van der Waals surface area contributed by atoms with Crippen LogP contribution in [0.4, 0.5) is 4.79 Å². The van der Waals surface area contributed by atoms with E-state index >= 15 is 0 Å². The smallest absolute Gasteiger partial charge is 0.335 e. The number of nitrogens with zero attached hydrogens (tertiary/aromatic N) is 2. The Morgan fingerprint density at radius 1 is 1.39 bits per heavy atom. The molecule has 28 heavy (non-hydrogen) atoms. The second-order valence-electron chi connectivity index (χ2n) is 5.53. The van der Waals surface area contributed by atoms with Gasteiger partial charge in [-0.05, 0) is 25.1 Å². The van der Waals surface area contributed by atoms with Crippen LogP contribution in [0.3, 0.4) is 0 Å². The SMILES string of the molecule is C=C/C=C\C=C(/CCON=C(C)c1cccc(Cl)c1)NC(=O)N(C)N.COC. The van der Waals surface area contributed by atoms with E-state index in [-0.39, 0.29) is 0 Å². The molecule has 2 amide bonds. The van der Waals surface area contributed by atoms with Crippen LogP contribution in [0.5, 0.6) is 0 Å². The van der Waals surface area contributed by atoms with Crippen molar-refractivity contribution in [3.8, 4) is 0 Å². The van der Waals surface area contributed by atoms with Crippen LogP contribution < -0.4 is 11.2 Å². The van der Waals surface area contributed by atoms with Crippen LogP contribution in [0, 0.1) is 0 Å². The number of benzene rings is 1. The van der Waals surface area contributed by atoms with Gasteiger partial charge in [-0.1, -0.05) is 53.7 Å². The van der Waals surface area contributed by atoms with Crippen molar-refractivity contribution >= 4 is 23.3 Å². The molecule has 0 spiro atoms. The van der Waals surface area contributed by atoms with E-state index in [0.717, 1.165) is 10.6 Å². The van der Waals surface area contributed by atoms with E-state index in [9.17, 15) is 4.79 Å². The van der Waals surface area contributed by atoms with Gasteiger partial charge in [-0.2, -0.15) is 0 Å². The molecule has 1 rings (SSSR count). The predicted molar refractivity (Wildman–Crippen MR) is 115 cm³/mol. The maximum Gasteiger partial charge on any atom is 0.335 e. The zero-order valence-electron chi connectivity index (χ0n) is 16.8. The molecule has 0 saturated heterocycles. The van der Waals surface area contributed by atoms with Crippen LogP contribution in [0.15, 0.2) is 66.0 Å². The Kier molecular flexibility index (Phi) is 14.0. The molecule has 0 aromatic heterocycles. The number of nitrogens with two attached hydrogens (primary N) is 1. The molecule has 0 unspecified atom stereocenters. The fourth-order valence-corrected chi connectivity index (χ4v) is 1.92. The second-order valence-corrected chi connectivity index (χ2v) is 5.97. The van der Waals surface area contributed by atoms with Gasteiger partial charge in [0.2, 0.25) is 0 Å². The molecular weight excluding hydrogens is 380 g/mol. The number of rotatable bonds is 8.